The van der Waals surface area contributed by atoms with Crippen LogP contribution in [0.5, 0.6) is 0 Å². The molecule has 2 heterocycles. The van der Waals surface area contributed by atoms with Crippen molar-refractivity contribution in [3.8, 4) is 0 Å². The van der Waals surface area contributed by atoms with E-state index in [2.05, 4.69) is 21.7 Å². The Hall–Kier alpha value is -3.05. The van der Waals surface area contributed by atoms with Crippen LogP contribution >= 0.6 is 0 Å². The maximum Gasteiger partial charge on any atom is 0.490 e. The van der Waals surface area contributed by atoms with Crippen LogP contribution in [0.4, 0.5) is 39.5 Å². The summed E-state index contributed by atoms with van der Waals surface area (Å²) in [4.78, 5) is 29.6. The summed E-state index contributed by atoms with van der Waals surface area (Å²) in [5, 5.41) is 30.3. The van der Waals surface area contributed by atoms with Gasteiger partial charge in [-0.15, -0.1) is 0 Å². The second-order valence-corrected chi connectivity index (χ2v) is 4.79. The lowest BCUT2D eigenvalue weighted by molar-refractivity contribution is -0.691. The summed E-state index contributed by atoms with van der Waals surface area (Å²) in [6, 6.07) is 0.648. The van der Waals surface area contributed by atoms with E-state index in [0.717, 1.165) is 13.2 Å². The molecule has 1 saturated heterocycles. The van der Waals surface area contributed by atoms with Gasteiger partial charge in [0.2, 0.25) is 0 Å². The molecule has 0 aromatic rings. The zero-order valence-electron chi connectivity index (χ0n) is 14.1. The summed E-state index contributed by atoms with van der Waals surface area (Å²) < 4.78 is 94.8. The van der Waals surface area contributed by atoms with Crippen LogP contribution in [-0.4, -0.2) is 67.0 Å². The van der Waals surface area contributed by atoms with Crippen LogP contribution in [-0.2, 0) is 14.4 Å². The fourth-order valence-electron chi connectivity index (χ4n) is 1.30. The average molecular weight is 465 g/mol. The average Bonchev–Trinajstić information content (AvgIpc) is 3.02. The van der Waals surface area contributed by atoms with Gasteiger partial charge in [0.25, 0.3) is 0 Å². The first-order valence-corrected chi connectivity index (χ1v) is 7.00. The quantitative estimate of drug-likeness (QED) is 0.264. The van der Waals surface area contributed by atoms with Gasteiger partial charge in [0.1, 0.15) is 18.6 Å². The fraction of sp³-hybridized carbons (Fsp3) is 0.500. The van der Waals surface area contributed by atoms with Crippen molar-refractivity contribution < 1.29 is 79.5 Å². The molecule has 0 aromatic heterocycles. The SMILES string of the molecule is C1=[NH+]CC2[NH2+]CNC2=C1.O=C(O)C(F)(F)F.O=C([O-])C(F)(F)F.O=C([O-])C(F)(F)F. The molecule has 1 atom stereocenters. The van der Waals surface area contributed by atoms with Crippen LogP contribution in [0.15, 0.2) is 11.8 Å². The number of aliphatic carboxylic acids is 3. The summed E-state index contributed by atoms with van der Waals surface area (Å²) >= 11 is 0. The van der Waals surface area contributed by atoms with Crippen molar-refractivity contribution in [1.82, 2.24) is 5.32 Å². The van der Waals surface area contributed by atoms with Crippen LogP contribution in [0.1, 0.15) is 0 Å². The van der Waals surface area contributed by atoms with E-state index in [9.17, 15) is 39.5 Å². The number of carboxylic acids is 3. The van der Waals surface area contributed by atoms with Crippen LogP contribution in [0.2, 0.25) is 0 Å². The topological polar surface area (TPSA) is 160 Å². The number of allylic oxidation sites excluding steroid dienone is 1. The van der Waals surface area contributed by atoms with Crippen molar-refractivity contribution >= 4 is 24.1 Å². The number of quaternary nitrogens is 1. The second kappa shape index (κ2) is 11.8. The zero-order chi connectivity index (χ0) is 24.3. The number of halogens is 9. The Labute approximate surface area is 159 Å². The van der Waals surface area contributed by atoms with Crippen molar-refractivity contribution in [3.05, 3.63) is 11.8 Å². The third-order valence-corrected chi connectivity index (χ3v) is 2.53. The Bertz CT molecular complexity index is 598. The molecule has 174 valence electrons. The minimum Gasteiger partial charge on any atom is -0.542 e. The first kappa shape index (κ1) is 29.2. The van der Waals surface area contributed by atoms with E-state index in [0.29, 0.717) is 6.04 Å². The third-order valence-electron chi connectivity index (χ3n) is 2.53. The van der Waals surface area contributed by atoms with E-state index < -0.39 is 36.4 Å². The predicted octanol–water partition coefficient (Wildman–Crippen LogP) is -4.24. The third kappa shape index (κ3) is 14.0. The monoisotopic (exact) mass is 465 g/mol. The first-order valence-electron chi connectivity index (χ1n) is 7.00. The van der Waals surface area contributed by atoms with E-state index in [1.807, 2.05) is 6.21 Å². The Kier molecular flexibility index (Phi) is 11.5. The Balaban J connectivity index is 0. The lowest BCUT2D eigenvalue weighted by Crippen LogP contribution is -2.94. The highest BCUT2D eigenvalue weighted by Crippen LogP contribution is 2.13. The molecule has 0 bridgehead atoms. The summed E-state index contributed by atoms with van der Waals surface area (Å²) in [5.74, 6) is -8.77. The van der Waals surface area contributed by atoms with Gasteiger partial charge in [-0.05, 0) is 0 Å². The number of alkyl halides is 9. The van der Waals surface area contributed by atoms with Gasteiger partial charge in [-0.1, -0.05) is 0 Å². The second-order valence-electron chi connectivity index (χ2n) is 4.79. The number of carbonyl (C=O) groups is 3. The summed E-state index contributed by atoms with van der Waals surface area (Å²) in [6.45, 7) is 2.10. The van der Waals surface area contributed by atoms with Crippen molar-refractivity contribution in [1.29, 1.82) is 0 Å². The normalized spacial score (nSPS) is 17.2. The van der Waals surface area contributed by atoms with E-state index >= 15 is 0 Å². The number of rotatable bonds is 0. The van der Waals surface area contributed by atoms with Gasteiger partial charge in [-0.3, -0.25) is 0 Å². The van der Waals surface area contributed by atoms with Gasteiger partial charge in [-0.2, -0.15) is 39.5 Å². The summed E-state index contributed by atoms with van der Waals surface area (Å²) in [5.41, 5.74) is 1.37. The van der Waals surface area contributed by atoms with Gasteiger partial charge in [0.05, 0.1) is 5.70 Å². The Morgan fingerprint density at radius 1 is 0.967 bits per heavy atom. The molecular weight excluding hydrogens is 453 g/mol. The van der Waals surface area contributed by atoms with Crippen LogP contribution < -0.4 is 25.8 Å². The number of nitrogens with one attached hydrogen (secondary N) is 2. The molecule has 1 unspecified atom stereocenters. The molecule has 0 saturated carbocycles. The van der Waals surface area contributed by atoms with Gasteiger partial charge in [0, 0.05) is 6.08 Å². The number of nitrogens with two attached hydrogens (primary N) is 1. The molecular formula is C12H12F9N3O6. The number of fused-ring (bicyclic) bond motifs is 1. The Morgan fingerprint density at radius 3 is 1.60 bits per heavy atom. The van der Waals surface area contributed by atoms with Crippen molar-refractivity contribution in [3.63, 3.8) is 0 Å². The van der Waals surface area contributed by atoms with Crippen molar-refractivity contribution in [2.75, 3.05) is 13.2 Å². The summed E-state index contributed by atoms with van der Waals surface area (Å²) in [6.07, 6.45) is -11.4. The molecule has 2 aliphatic heterocycles. The molecule has 1 fully saturated rings. The number of carbonyl (C=O) groups excluding carboxylic acids is 2. The molecule has 0 spiro atoms. The lowest BCUT2D eigenvalue weighted by atomic mass is 10.2. The molecule has 5 N–H and O–H groups in total. The zero-order valence-corrected chi connectivity index (χ0v) is 14.1. The molecule has 18 heteroatoms. The molecule has 0 radical (unpaired) electrons. The van der Waals surface area contributed by atoms with Gasteiger partial charge in [-0.25, -0.2) is 9.79 Å². The van der Waals surface area contributed by atoms with Crippen molar-refractivity contribution in [2.45, 2.75) is 24.6 Å². The molecule has 0 amide bonds. The summed E-state index contributed by atoms with van der Waals surface area (Å²) in [7, 11) is 0. The Morgan fingerprint density at radius 2 is 1.33 bits per heavy atom. The van der Waals surface area contributed by atoms with E-state index in [-0.39, 0.29) is 0 Å². The van der Waals surface area contributed by atoms with Crippen LogP contribution in [0, 0.1) is 0 Å². The first-order chi connectivity index (χ1) is 13.3. The lowest BCUT2D eigenvalue weighted by Gasteiger charge is -2.03. The van der Waals surface area contributed by atoms with Crippen LogP contribution in [0.25, 0.3) is 0 Å². The smallest absolute Gasteiger partial charge is 0.490 e. The van der Waals surface area contributed by atoms with Crippen LogP contribution in [0.3, 0.4) is 0 Å². The minimum atomic E-state index is -5.19. The molecule has 2 rings (SSSR count). The molecule has 0 aliphatic carbocycles. The largest absolute Gasteiger partial charge is 0.542 e. The highest BCUT2D eigenvalue weighted by atomic mass is 19.4. The highest BCUT2D eigenvalue weighted by Gasteiger charge is 2.38. The minimum absolute atomic E-state index is 0.648. The molecule has 2 aliphatic rings. The highest BCUT2D eigenvalue weighted by molar-refractivity contribution is 5.73. The maximum atomic E-state index is 10.6. The van der Waals surface area contributed by atoms with Gasteiger partial charge in [0.15, 0.2) is 18.8 Å². The maximum absolute atomic E-state index is 10.6. The standard InChI is InChI=1S/C6H9N3.3C2HF3O2/c1-2-7-3-6-5(1)8-4-9-6;3*3-2(4,5)1(6)7/h1-2,6,8-9H,3-4H2;3*(H,6,7). The molecule has 0 aromatic carbocycles. The molecule has 30 heavy (non-hydrogen) atoms. The van der Waals surface area contributed by atoms with E-state index in [1.165, 1.54) is 5.70 Å². The van der Waals surface area contributed by atoms with Gasteiger partial charge >= 0.3 is 24.5 Å². The number of hydrogen-bond acceptors (Lipinski definition) is 6. The van der Waals surface area contributed by atoms with E-state index in [4.69, 9.17) is 29.7 Å². The predicted molar refractivity (Wildman–Crippen MR) is 69.5 cm³/mol. The van der Waals surface area contributed by atoms with E-state index in [1.54, 1.807) is 0 Å². The number of carboxylic acid groups (broad SMARTS) is 3. The van der Waals surface area contributed by atoms with Gasteiger partial charge < -0.3 is 35.5 Å². The molecule has 9 nitrogen and oxygen atoms in total. The number of hydrogen-bond donors (Lipinski definition) is 4. The fourth-order valence-corrected chi connectivity index (χ4v) is 1.30. The van der Waals surface area contributed by atoms with Crippen molar-refractivity contribution in [2.24, 2.45) is 0 Å².